The van der Waals surface area contributed by atoms with Crippen molar-refractivity contribution in [1.29, 1.82) is 0 Å². The minimum absolute atomic E-state index is 0.143. The Morgan fingerprint density at radius 1 is 1.35 bits per heavy atom. The molecule has 3 heterocycles. The molecule has 2 atom stereocenters. The Bertz CT molecular complexity index is 702. The lowest BCUT2D eigenvalue weighted by Crippen LogP contribution is -2.56. The molecule has 4 rings (SSSR count). The number of carbonyl (C=O) groups is 1. The topological polar surface area (TPSA) is 36.1 Å². The predicted molar refractivity (Wildman–Crippen MR) is 79.5 cm³/mol. The second-order valence-electron chi connectivity index (χ2n) is 6.48. The molecule has 1 amide bonds. The van der Waals surface area contributed by atoms with E-state index in [9.17, 15) is 4.79 Å². The summed E-state index contributed by atoms with van der Waals surface area (Å²) >= 11 is 0. The average Bonchev–Trinajstić information content (AvgIpc) is 2.84. The van der Waals surface area contributed by atoms with Gasteiger partial charge in [-0.1, -0.05) is 25.1 Å². The molecule has 3 nitrogen and oxygen atoms in total. The molecule has 0 aliphatic carbocycles. The average molecular weight is 268 g/mol. The zero-order valence-electron chi connectivity index (χ0n) is 12.1. The van der Waals surface area contributed by atoms with Crippen LogP contribution < -0.4 is 0 Å². The second-order valence-corrected chi connectivity index (χ2v) is 6.48. The first-order chi connectivity index (χ1) is 9.61. The number of piperidine rings is 1. The highest BCUT2D eigenvalue weighted by molar-refractivity contribution is 5.87. The summed E-state index contributed by atoms with van der Waals surface area (Å²) < 4.78 is 0. The zero-order valence-corrected chi connectivity index (χ0v) is 12.1. The monoisotopic (exact) mass is 268 g/mol. The van der Waals surface area contributed by atoms with Crippen LogP contribution in [0.1, 0.15) is 37.9 Å². The van der Waals surface area contributed by atoms with Gasteiger partial charge >= 0.3 is 0 Å². The standard InChI is InChI=1S/C17H20N2O/c1-11-7-9-17(2)15-13(8-10-19(17)16(11)20)12-5-3-4-6-14(12)18-15/h3-6,11,18H,7-10H2,1-2H3/t11-,17-/m1/s1. The molecule has 104 valence electrons. The molecule has 0 saturated carbocycles. The zero-order chi connectivity index (χ0) is 13.9. The van der Waals surface area contributed by atoms with E-state index in [0.717, 1.165) is 25.8 Å². The third-order valence-corrected chi connectivity index (χ3v) is 5.29. The van der Waals surface area contributed by atoms with E-state index in [4.69, 9.17) is 0 Å². The molecule has 3 heteroatoms. The highest BCUT2D eigenvalue weighted by Gasteiger charge is 2.47. The first kappa shape index (κ1) is 12.0. The van der Waals surface area contributed by atoms with Crippen LogP contribution in [0.4, 0.5) is 0 Å². The number of nitrogens with one attached hydrogen (secondary N) is 1. The van der Waals surface area contributed by atoms with Crippen molar-refractivity contribution in [3.05, 3.63) is 35.5 Å². The fraction of sp³-hybridized carbons (Fsp3) is 0.471. The van der Waals surface area contributed by atoms with Crippen molar-refractivity contribution in [2.75, 3.05) is 6.54 Å². The number of aromatic amines is 1. The van der Waals surface area contributed by atoms with E-state index in [-0.39, 0.29) is 11.5 Å². The number of carbonyl (C=O) groups excluding carboxylic acids is 1. The van der Waals surface area contributed by atoms with Gasteiger partial charge in [-0.2, -0.15) is 0 Å². The Morgan fingerprint density at radius 2 is 2.15 bits per heavy atom. The van der Waals surface area contributed by atoms with E-state index < -0.39 is 0 Å². The van der Waals surface area contributed by atoms with Gasteiger partial charge in [0.25, 0.3) is 0 Å². The molecule has 2 aliphatic rings. The molecule has 1 saturated heterocycles. The number of rotatable bonds is 0. The molecular formula is C17H20N2O. The lowest BCUT2D eigenvalue weighted by Gasteiger charge is -2.49. The van der Waals surface area contributed by atoms with Gasteiger partial charge in [0.1, 0.15) is 0 Å². The van der Waals surface area contributed by atoms with Crippen molar-refractivity contribution >= 4 is 16.8 Å². The molecular weight excluding hydrogens is 248 g/mol. The molecule has 0 unspecified atom stereocenters. The highest BCUT2D eigenvalue weighted by atomic mass is 16.2. The van der Waals surface area contributed by atoms with E-state index in [1.807, 2.05) is 0 Å². The number of benzene rings is 1. The van der Waals surface area contributed by atoms with Crippen LogP contribution in [0.2, 0.25) is 0 Å². The first-order valence-electron chi connectivity index (χ1n) is 7.53. The van der Waals surface area contributed by atoms with Gasteiger partial charge in [0.05, 0.1) is 5.54 Å². The number of para-hydroxylation sites is 1. The number of H-pyrrole nitrogens is 1. The Morgan fingerprint density at radius 3 is 3.00 bits per heavy atom. The van der Waals surface area contributed by atoms with Crippen LogP contribution in [-0.4, -0.2) is 22.3 Å². The second kappa shape index (κ2) is 3.87. The van der Waals surface area contributed by atoms with E-state index in [1.165, 1.54) is 22.2 Å². The largest absolute Gasteiger partial charge is 0.356 e. The van der Waals surface area contributed by atoms with Gasteiger partial charge in [-0.3, -0.25) is 4.79 Å². The van der Waals surface area contributed by atoms with Crippen LogP contribution >= 0.6 is 0 Å². The number of nitrogens with zero attached hydrogens (tertiary/aromatic N) is 1. The van der Waals surface area contributed by atoms with Crippen LogP contribution in [0.3, 0.4) is 0 Å². The van der Waals surface area contributed by atoms with E-state index >= 15 is 0 Å². The smallest absolute Gasteiger partial charge is 0.226 e. The van der Waals surface area contributed by atoms with Crippen molar-refractivity contribution in [3.63, 3.8) is 0 Å². The van der Waals surface area contributed by atoms with Crippen LogP contribution in [0.25, 0.3) is 10.9 Å². The summed E-state index contributed by atoms with van der Waals surface area (Å²) in [5.74, 6) is 0.497. The summed E-state index contributed by atoms with van der Waals surface area (Å²) in [4.78, 5) is 18.2. The Labute approximate surface area is 119 Å². The van der Waals surface area contributed by atoms with Crippen LogP contribution in [-0.2, 0) is 16.8 Å². The molecule has 0 radical (unpaired) electrons. The lowest BCUT2D eigenvalue weighted by molar-refractivity contribution is -0.148. The maximum absolute atomic E-state index is 12.5. The maximum atomic E-state index is 12.5. The van der Waals surface area contributed by atoms with Gasteiger partial charge < -0.3 is 9.88 Å². The maximum Gasteiger partial charge on any atom is 0.226 e. The van der Waals surface area contributed by atoms with Crippen molar-refractivity contribution in [1.82, 2.24) is 9.88 Å². The summed E-state index contributed by atoms with van der Waals surface area (Å²) in [7, 11) is 0. The van der Waals surface area contributed by atoms with Crippen molar-refractivity contribution < 1.29 is 4.79 Å². The van der Waals surface area contributed by atoms with Crippen molar-refractivity contribution in [3.8, 4) is 0 Å². The Balaban J connectivity index is 1.92. The normalized spacial score (nSPS) is 29.4. The summed E-state index contributed by atoms with van der Waals surface area (Å²) in [6.45, 7) is 5.14. The van der Waals surface area contributed by atoms with Gasteiger partial charge in [-0.15, -0.1) is 0 Å². The molecule has 1 N–H and O–H groups in total. The van der Waals surface area contributed by atoms with Gasteiger partial charge in [0.15, 0.2) is 0 Å². The lowest BCUT2D eigenvalue weighted by atomic mass is 9.77. The summed E-state index contributed by atoms with van der Waals surface area (Å²) in [6.07, 6.45) is 3.01. The van der Waals surface area contributed by atoms with E-state index in [2.05, 4.69) is 48.0 Å². The van der Waals surface area contributed by atoms with Crippen molar-refractivity contribution in [2.24, 2.45) is 5.92 Å². The molecule has 1 aromatic carbocycles. The van der Waals surface area contributed by atoms with Crippen LogP contribution in [0.15, 0.2) is 24.3 Å². The SMILES string of the molecule is C[C@@H]1CC[C@]2(C)c3[nH]c4ccccc4c3CCN2C1=O. The van der Waals surface area contributed by atoms with E-state index in [0.29, 0.717) is 5.91 Å². The number of hydrogen-bond acceptors (Lipinski definition) is 1. The molecule has 1 fully saturated rings. The molecule has 2 aromatic rings. The van der Waals surface area contributed by atoms with Gasteiger partial charge in [0, 0.05) is 29.1 Å². The third kappa shape index (κ3) is 1.38. The quantitative estimate of drug-likeness (QED) is 0.782. The summed E-state index contributed by atoms with van der Waals surface area (Å²) in [5, 5.41) is 1.33. The van der Waals surface area contributed by atoms with Gasteiger partial charge in [-0.05, 0) is 37.8 Å². The van der Waals surface area contributed by atoms with Crippen molar-refractivity contribution in [2.45, 2.75) is 38.6 Å². The molecule has 1 aromatic heterocycles. The fourth-order valence-electron chi connectivity index (χ4n) is 4.03. The van der Waals surface area contributed by atoms with Gasteiger partial charge in [-0.25, -0.2) is 0 Å². The predicted octanol–water partition coefficient (Wildman–Crippen LogP) is 3.20. The number of fused-ring (bicyclic) bond motifs is 5. The highest BCUT2D eigenvalue weighted by Crippen LogP contribution is 2.45. The number of aromatic nitrogens is 1. The Kier molecular flexibility index (Phi) is 2.33. The molecule has 2 aliphatic heterocycles. The molecule has 0 bridgehead atoms. The number of amides is 1. The summed E-state index contributed by atoms with van der Waals surface area (Å²) in [5.41, 5.74) is 3.74. The third-order valence-electron chi connectivity index (χ3n) is 5.29. The fourth-order valence-corrected chi connectivity index (χ4v) is 4.03. The van der Waals surface area contributed by atoms with E-state index in [1.54, 1.807) is 0 Å². The minimum atomic E-state index is -0.143. The van der Waals surface area contributed by atoms with Crippen LogP contribution in [0, 0.1) is 5.92 Å². The van der Waals surface area contributed by atoms with Gasteiger partial charge in [0.2, 0.25) is 5.91 Å². The first-order valence-corrected chi connectivity index (χ1v) is 7.53. The molecule has 0 spiro atoms. The number of hydrogen-bond donors (Lipinski definition) is 1. The Hall–Kier alpha value is -1.77. The molecule has 20 heavy (non-hydrogen) atoms. The van der Waals surface area contributed by atoms with Crippen LogP contribution in [0.5, 0.6) is 0 Å². The minimum Gasteiger partial charge on any atom is -0.356 e. The summed E-state index contributed by atoms with van der Waals surface area (Å²) in [6, 6.07) is 8.49.